The predicted molar refractivity (Wildman–Crippen MR) is 95.3 cm³/mol. The van der Waals surface area contributed by atoms with E-state index >= 15 is 0 Å². The summed E-state index contributed by atoms with van der Waals surface area (Å²) < 4.78 is 0. The minimum atomic E-state index is -1.06. The van der Waals surface area contributed by atoms with Crippen molar-refractivity contribution in [1.29, 1.82) is 0 Å². The van der Waals surface area contributed by atoms with Crippen molar-refractivity contribution in [2.45, 2.75) is 31.8 Å². The summed E-state index contributed by atoms with van der Waals surface area (Å²) in [6.07, 6.45) is 0. The maximum absolute atomic E-state index is 11.3. The summed E-state index contributed by atoms with van der Waals surface area (Å²) >= 11 is 0. The highest BCUT2D eigenvalue weighted by molar-refractivity contribution is 6.04. The van der Waals surface area contributed by atoms with Crippen molar-refractivity contribution >= 4 is 10.8 Å². The number of hydrogen-bond donors (Lipinski definition) is 3. The van der Waals surface area contributed by atoms with Crippen molar-refractivity contribution in [2.75, 3.05) is 0 Å². The minimum Gasteiger partial charge on any atom is -0.508 e. The van der Waals surface area contributed by atoms with Gasteiger partial charge >= 0.3 is 0 Å². The second kappa shape index (κ2) is 4.52. The highest BCUT2D eigenvalue weighted by Gasteiger charge is 2.48. The summed E-state index contributed by atoms with van der Waals surface area (Å²) in [6, 6.07) is 14.6. The van der Waals surface area contributed by atoms with E-state index in [-0.39, 0.29) is 11.5 Å². The molecule has 3 aromatic rings. The first-order valence-corrected chi connectivity index (χ1v) is 8.06. The van der Waals surface area contributed by atoms with E-state index in [2.05, 4.69) is 0 Å². The maximum Gasteiger partial charge on any atom is 0.123 e. The van der Waals surface area contributed by atoms with E-state index in [0.717, 1.165) is 27.6 Å². The van der Waals surface area contributed by atoms with Gasteiger partial charge in [-0.1, -0.05) is 38.1 Å². The Kier molecular flexibility index (Phi) is 2.83. The summed E-state index contributed by atoms with van der Waals surface area (Å²) in [7, 11) is 0. The molecule has 0 amide bonds. The zero-order valence-electron chi connectivity index (χ0n) is 14.0. The number of phenols is 2. The van der Waals surface area contributed by atoms with Gasteiger partial charge in [0.2, 0.25) is 0 Å². The second-order valence-electron chi connectivity index (χ2n) is 7.29. The molecule has 4 rings (SSSR count). The Morgan fingerprint density at radius 2 is 1.50 bits per heavy atom. The van der Waals surface area contributed by atoms with Crippen LogP contribution < -0.4 is 0 Å². The summed E-state index contributed by atoms with van der Waals surface area (Å²) in [5, 5.41) is 33.1. The molecule has 1 atom stereocenters. The third kappa shape index (κ3) is 1.70. The first-order chi connectivity index (χ1) is 11.2. The van der Waals surface area contributed by atoms with Crippen molar-refractivity contribution in [1.82, 2.24) is 0 Å². The van der Waals surface area contributed by atoms with Crippen LogP contribution in [0.25, 0.3) is 21.9 Å². The number of hydrogen-bond acceptors (Lipinski definition) is 3. The Bertz CT molecular complexity index is 984. The van der Waals surface area contributed by atoms with Gasteiger partial charge in [0, 0.05) is 10.8 Å². The van der Waals surface area contributed by atoms with Crippen LogP contribution in [0.2, 0.25) is 0 Å². The average Bonchev–Trinajstić information content (AvgIpc) is 2.54. The summed E-state index contributed by atoms with van der Waals surface area (Å²) in [5.74, 6) is 0.232. The van der Waals surface area contributed by atoms with Crippen LogP contribution in [0.15, 0.2) is 48.5 Å². The molecule has 3 nitrogen and oxygen atoms in total. The van der Waals surface area contributed by atoms with Gasteiger partial charge in [0.05, 0.1) is 5.60 Å². The molecule has 0 aromatic heterocycles. The molecule has 0 spiro atoms. The first kappa shape index (κ1) is 15.0. The van der Waals surface area contributed by atoms with Crippen molar-refractivity contribution in [2.24, 2.45) is 0 Å². The van der Waals surface area contributed by atoms with Gasteiger partial charge in [-0.25, -0.2) is 0 Å². The molecular weight excluding hydrogens is 300 g/mol. The lowest BCUT2D eigenvalue weighted by Gasteiger charge is -2.47. The van der Waals surface area contributed by atoms with Crippen molar-refractivity contribution in [3.8, 4) is 22.6 Å². The lowest BCUT2D eigenvalue weighted by Crippen LogP contribution is -2.45. The fraction of sp³-hybridized carbons (Fsp3) is 0.238. The van der Waals surface area contributed by atoms with Gasteiger partial charge in [-0.15, -0.1) is 0 Å². The van der Waals surface area contributed by atoms with E-state index in [1.165, 1.54) is 0 Å². The number of rotatable bonds is 0. The van der Waals surface area contributed by atoms with Gasteiger partial charge in [-0.2, -0.15) is 0 Å². The van der Waals surface area contributed by atoms with Crippen LogP contribution in [-0.4, -0.2) is 15.3 Å². The Labute approximate surface area is 140 Å². The molecule has 1 aliphatic carbocycles. The summed E-state index contributed by atoms with van der Waals surface area (Å²) in [4.78, 5) is 0. The van der Waals surface area contributed by atoms with Crippen LogP contribution in [-0.2, 0) is 11.0 Å². The Morgan fingerprint density at radius 1 is 0.792 bits per heavy atom. The number of phenolic OH excluding ortho intramolecular Hbond substituents is 2. The van der Waals surface area contributed by atoms with E-state index in [4.69, 9.17) is 0 Å². The lowest BCUT2D eigenvalue weighted by molar-refractivity contribution is -0.0151. The molecule has 0 aliphatic heterocycles. The van der Waals surface area contributed by atoms with Gasteiger partial charge in [0.25, 0.3) is 0 Å². The van der Waals surface area contributed by atoms with Crippen molar-refractivity contribution in [3.05, 3.63) is 59.7 Å². The van der Waals surface area contributed by atoms with Crippen molar-refractivity contribution < 1.29 is 15.3 Å². The van der Waals surface area contributed by atoms with Crippen LogP contribution in [0.4, 0.5) is 0 Å². The van der Waals surface area contributed by atoms with Crippen LogP contribution in [0, 0.1) is 0 Å². The molecule has 0 saturated heterocycles. The minimum absolute atomic E-state index is 0.114. The molecule has 122 valence electrons. The molecule has 3 aromatic carbocycles. The van der Waals surface area contributed by atoms with Crippen LogP contribution >= 0.6 is 0 Å². The molecular formula is C21H20O3. The predicted octanol–water partition coefficient (Wildman–Crippen LogP) is 4.42. The van der Waals surface area contributed by atoms with E-state index in [9.17, 15) is 15.3 Å². The Balaban J connectivity index is 2.24. The smallest absolute Gasteiger partial charge is 0.123 e. The highest BCUT2D eigenvalue weighted by Crippen LogP contribution is 2.55. The van der Waals surface area contributed by atoms with Gasteiger partial charge in [-0.3, -0.25) is 0 Å². The van der Waals surface area contributed by atoms with E-state index in [1.54, 1.807) is 18.2 Å². The first-order valence-electron chi connectivity index (χ1n) is 8.06. The number of aliphatic hydroxyl groups is 1. The number of aromatic hydroxyl groups is 2. The van der Waals surface area contributed by atoms with Crippen LogP contribution in [0.1, 0.15) is 31.9 Å². The fourth-order valence-corrected chi connectivity index (χ4v) is 3.90. The summed E-state index contributed by atoms with van der Waals surface area (Å²) in [6.45, 7) is 5.81. The molecule has 3 N–H and O–H groups in total. The fourth-order valence-electron chi connectivity index (χ4n) is 3.90. The Hall–Kier alpha value is -2.52. The zero-order chi connectivity index (χ0) is 17.3. The zero-order valence-corrected chi connectivity index (χ0v) is 14.0. The van der Waals surface area contributed by atoms with Gasteiger partial charge in [0.15, 0.2) is 0 Å². The molecule has 0 heterocycles. The van der Waals surface area contributed by atoms with Gasteiger partial charge in [-0.05, 0) is 58.8 Å². The number of fused-ring (bicyclic) bond motifs is 5. The molecule has 3 heteroatoms. The standard InChI is InChI=1S/C21H20O3/c1-20(2)17-11-18(23)15-10-12(22)8-9-13(15)19(17)14-6-4-5-7-16(14)21(20,3)24/h4-11,22-24H,1-3H3. The monoisotopic (exact) mass is 320 g/mol. The summed E-state index contributed by atoms with van der Waals surface area (Å²) in [5.41, 5.74) is 2.11. The molecule has 0 radical (unpaired) electrons. The highest BCUT2D eigenvalue weighted by atomic mass is 16.3. The van der Waals surface area contributed by atoms with Crippen LogP contribution in [0.3, 0.4) is 0 Å². The average molecular weight is 320 g/mol. The lowest BCUT2D eigenvalue weighted by atomic mass is 9.60. The third-order valence-corrected chi connectivity index (χ3v) is 5.71. The van der Waals surface area contributed by atoms with E-state index in [0.29, 0.717) is 5.39 Å². The van der Waals surface area contributed by atoms with Gasteiger partial charge < -0.3 is 15.3 Å². The SMILES string of the molecule is CC1(C)c2cc(O)c3cc(O)ccc3c2-c2ccccc2C1(C)O. The maximum atomic E-state index is 11.3. The normalized spacial score (nSPS) is 21.3. The molecule has 0 fully saturated rings. The number of benzene rings is 3. The quantitative estimate of drug-likeness (QED) is 0.575. The van der Waals surface area contributed by atoms with Crippen molar-refractivity contribution in [3.63, 3.8) is 0 Å². The topological polar surface area (TPSA) is 60.7 Å². The molecule has 0 saturated carbocycles. The van der Waals surface area contributed by atoms with E-state index in [1.807, 2.05) is 51.1 Å². The third-order valence-electron chi connectivity index (χ3n) is 5.71. The van der Waals surface area contributed by atoms with E-state index < -0.39 is 11.0 Å². The Morgan fingerprint density at radius 3 is 2.25 bits per heavy atom. The van der Waals surface area contributed by atoms with Crippen LogP contribution in [0.5, 0.6) is 11.5 Å². The largest absolute Gasteiger partial charge is 0.508 e. The second-order valence-corrected chi connectivity index (χ2v) is 7.29. The molecule has 1 aliphatic rings. The van der Waals surface area contributed by atoms with Gasteiger partial charge in [0.1, 0.15) is 11.5 Å². The molecule has 1 unspecified atom stereocenters. The molecule has 0 bridgehead atoms. The molecule has 24 heavy (non-hydrogen) atoms.